The topological polar surface area (TPSA) is 56.9 Å². The summed E-state index contributed by atoms with van der Waals surface area (Å²) in [6.45, 7) is 9.32. The molecule has 1 spiro atoms. The third kappa shape index (κ3) is 4.17. The van der Waals surface area contributed by atoms with Crippen LogP contribution in [0.5, 0.6) is 0 Å². The van der Waals surface area contributed by atoms with E-state index < -0.39 is 0 Å². The van der Waals surface area contributed by atoms with Crippen molar-refractivity contribution < 1.29 is 0 Å². The summed E-state index contributed by atoms with van der Waals surface area (Å²) in [5.74, 6) is 0.578. The Morgan fingerprint density at radius 1 is 0.556 bits per heavy atom. The monoisotopic (exact) mass is 810 g/mol. The van der Waals surface area contributed by atoms with Crippen molar-refractivity contribution in [1.82, 2.24) is 8.97 Å². The molecule has 0 saturated heterocycles. The molecular weight excluding hydrogens is 765 g/mol. The van der Waals surface area contributed by atoms with Crippen LogP contribution in [0.2, 0.25) is 0 Å². The van der Waals surface area contributed by atoms with E-state index in [0.717, 1.165) is 40.6 Å². The van der Waals surface area contributed by atoms with Gasteiger partial charge >= 0.3 is 0 Å². The van der Waals surface area contributed by atoms with Gasteiger partial charge in [0, 0.05) is 44.2 Å². The van der Waals surface area contributed by atoms with Crippen LogP contribution in [0.1, 0.15) is 150 Å². The van der Waals surface area contributed by atoms with E-state index in [1.54, 1.807) is 0 Å². The van der Waals surface area contributed by atoms with Crippen LogP contribution in [0.3, 0.4) is 0 Å². The number of aromatic nitrogens is 2. The quantitative estimate of drug-likeness (QED) is 0.178. The Morgan fingerprint density at radius 2 is 1.14 bits per heavy atom. The van der Waals surface area contributed by atoms with Crippen molar-refractivity contribution in [3.05, 3.63) is 176 Å². The maximum Gasteiger partial charge on any atom is 0.0995 e. The van der Waals surface area contributed by atoms with E-state index in [1.165, 1.54) is 130 Å². The molecule has 0 radical (unpaired) electrons. The summed E-state index contributed by atoms with van der Waals surface area (Å²) in [5.41, 5.74) is 22.0. The van der Waals surface area contributed by atoms with Crippen molar-refractivity contribution in [2.45, 2.75) is 95.3 Å². The number of nitriles is 2. The lowest BCUT2D eigenvalue weighted by Crippen LogP contribution is -2.28. The van der Waals surface area contributed by atoms with Crippen LogP contribution in [-0.4, -0.2) is 8.97 Å². The highest BCUT2D eigenvalue weighted by Crippen LogP contribution is 2.61. The molecule has 4 nitrogen and oxygen atoms in total. The minimum Gasteiger partial charge on any atom is -0.309 e. The maximum absolute atomic E-state index is 11.3. The number of hydrogen-bond acceptors (Lipinski definition) is 2. The van der Waals surface area contributed by atoms with Gasteiger partial charge in [0.15, 0.2) is 0 Å². The smallest absolute Gasteiger partial charge is 0.0995 e. The summed E-state index contributed by atoms with van der Waals surface area (Å²) < 4.78 is 5.13. The van der Waals surface area contributed by atoms with E-state index in [1.807, 2.05) is 0 Å². The zero-order valence-corrected chi connectivity index (χ0v) is 36.2. The zero-order valence-electron chi connectivity index (χ0n) is 36.2. The molecule has 3 heterocycles. The summed E-state index contributed by atoms with van der Waals surface area (Å²) >= 11 is 0. The predicted octanol–water partition coefficient (Wildman–Crippen LogP) is 14.7. The number of hydrogen-bond donors (Lipinski definition) is 0. The number of aryl methyl sites for hydroxylation is 1. The molecule has 0 aliphatic heterocycles. The number of fused-ring (bicyclic) bond motifs is 13. The molecule has 1 saturated carbocycles. The highest BCUT2D eigenvalue weighted by Gasteiger charge is 2.47. The Hall–Kier alpha value is -6.88. The minimum absolute atomic E-state index is 0.0238. The second-order valence-electron chi connectivity index (χ2n) is 20.0. The lowest BCUT2D eigenvalue weighted by molar-refractivity contribution is 0.438. The van der Waals surface area contributed by atoms with Gasteiger partial charge in [-0.15, -0.1) is 0 Å². The molecule has 63 heavy (non-hydrogen) atoms. The fourth-order valence-corrected chi connectivity index (χ4v) is 14.2. The van der Waals surface area contributed by atoms with Gasteiger partial charge in [0.2, 0.25) is 0 Å². The number of nitrogens with zero attached hydrogens (tertiary/aromatic N) is 4. The van der Waals surface area contributed by atoms with Crippen molar-refractivity contribution in [2.24, 2.45) is 0 Å². The molecule has 2 bridgehead atoms. The number of rotatable bonds is 3. The first-order valence-electron chi connectivity index (χ1n) is 23.3. The molecule has 0 unspecified atom stereocenters. The maximum atomic E-state index is 11.3. The fourth-order valence-electron chi connectivity index (χ4n) is 14.2. The molecule has 302 valence electrons. The van der Waals surface area contributed by atoms with Crippen LogP contribution in [0.4, 0.5) is 0 Å². The summed E-state index contributed by atoms with van der Waals surface area (Å²) in [5, 5.41) is 30.0. The molecule has 10 aromatic rings. The molecule has 3 aromatic heterocycles. The Bertz CT molecular complexity index is 3720. The van der Waals surface area contributed by atoms with Gasteiger partial charge in [0.25, 0.3) is 0 Å². The van der Waals surface area contributed by atoms with E-state index >= 15 is 0 Å². The predicted molar refractivity (Wildman–Crippen MR) is 256 cm³/mol. The molecule has 0 amide bonds. The molecule has 5 aliphatic rings. The molecule has 7 aromatic carbocycles. The van der Waals surface area contributed by atoms with Gasteiger partial charge in [-0.05, 0) is 123 Å². The van der Waals surface area contributed by atoms with E-state index in [9.17, 15) is 10.5 Å². The van der Waals surface area contributed by atoms with E-state index in [2.05, 4.69) is 158 Å². The van der Waals surface area contributed by atoms with Gasteiger partial charge in [-0.25, -0.2) is 0 Å². The second-order valence-corrected chi connectivity index (χ2v) is 20.0. The average Bonchev–Trinajstić information content (AvgIpc) is 4.14. The van der Waals surface area contributed by atoms with Gasteiger partial charge in [-0.1, -0.05) is 125 Å². The summed E-state index contributed by atoms with van der Waals surface area (Å²) in [4.78, 5) is 0. The highest BCUT2D eigenvalue weighted by atomic mass is 15.0. The first-order chi connectivity index (χ1) is 30.8. The van der Waals surface area contributed by atoms with Crippen molar-refractivity contribution in [3.8, 4) is 17.8 Å². The first kappa shape index (κ1) is 35.7. The minimum atomic E-state index is -0.0346. The first-order valence-corrected chi connectivity index (χ1v) is 23.3. The van der Waals surface area contributed by atoms with Gasteiger partial charge < -0.3 is 8.97 Å². The van der Waals surface area contributed by atoms with Crippen molar-refractivity contribution in [1.29, 1.82) is 10.5 Å². The second kappa shape index (κ2) is 12.2. The van der Waals surface area contributed by atoms with Crippen molar-refractivity contribution >= 4 is 59.9 Å². The van der Waals surface area contributed by atoms with Gasteiger partial charge in [0.05, 0.1) is 56.5 Å². The fraction of sp³-hybridized carbons (Fsp3) is 0.254. The lowest BCUT2D eigenvalue weighted by atomic mass is 9.59. The molecule has 0 N–H and O–H groups in total. The number of benzene rings is 7. The van der Waals surface area contributed by atoms with Crippen LogP contribution in [0, 0.1) is 22.7 Å². The van der Waals surface area contributed by atoms with Crippen molar-refractivity contribution in [3.63, 3.8) is 0 Å². The Labute approximate surface area is 366 Å². The molecule has 15 rings (SSSR count). The third-order valence-corrected chi connectivity index (χ3v) is 16.5. The SMILES string of the molecule is CC(C)c1cccc(C(C)C)c1-n1c2ccccc2c2c3c4c5c(c(C#N)cc4n4c6cc(C#N)c7c(c6c(cc21)c34)CCC71CCCC1)C1c2ccccc2C5c2ccccc21. The third-order valence-electron chi connectivity index (χ3n) is 16.5. The average molecular weight is 811 g/mol. The van der Waals surface area contributed by atoms with E-state index in [0.29, 0.717) is 11.8 Å². The van der Waals surface area contributed by atoms with E-state index in [-0.39, 0.29) is 17.3 Å². The zero-order chi connectivity index (χ0) is 42.2. The van der Waals surface area contributed by atoms with Gasteiger partial charge in [0.1, 0.15) is 0 Å². The van der Waals surface area contributed by atoms with Crippen LogP contribution in [0.25, 0.3) is 65.6 Å². The largest absolute Gasteiger partial charge is 0.309 e. The summed E-state index contributed by atoms with van der Waals surface area (Å²) in [6, 6.07) is 46.6. The Kier molecular flexibility index (Phi) is 6.90. The molecule has 0 atom stereocenters. The Morgan fingerprint density at radius 3 is 1.78 bits per heavy atom. The highest BCUT2D eigenvalue weighted by molar-refractivity contribution is 6.37. The normalized spacial score (nSPS) is 18.2. The van der Waals surface area contributed by atoms with E-state index in [4.69, 9.17) is 0 Å². The van der Waals surface area contributed by atoms with Crippen LogP contribution < -0.4 is 0 Å². The molecule has 5 aliphatic carbocycles. The summed E-state index contributed by atoms with van der Waals surface area (Å²) in [6.07, 6.45) is 6.89. The molecule has 1 fully saturated rings. The Balaban J connectivity index is 1.27. The standard InChI is InChI=1S/C59H46N4/c1-31(2)35-19-13-20-36(32(3)4)57(35)62-44-21-10-9-18-41(44)52-47(62)28-43-49-42-22-25-59(23-11-12-24-59)56(42)34(30-61)27-45(49)63-46-26-33(29-60)48-50-37-14-5-7-16-39(37)51(40-17-8-6-15-38(40)50)54(48)53(46)55(52)58(43)63/h5-10,13-21,26-28,31-32,50-51H,11-12,22-25H2,1-4H3. The van der Waals surface area contributed by atoms with Crippen LogP contribution >= 0.6 is 0 Å². The van der Waals surface area contributed by atoms with Gasteiger partial charge in [-0.2, -0.15) is 10.5 Å². The summed E-state index contributed by atoms with van der Waals surface area (Å²) in [7, 11) is 0. The van der Waals surface area contributed by atoms with Crippen molar-refractivity contribution in [2.75, 3.05) is 0 Å². The van der Waals surface area contributed by atoms with Crippen LogP contribution in [0.15, 0.2) is 109 Å². The lowest BCUT2D eigenvalue weighted by Gasteiger charge is -2.43. The molecule has 4 heteroatoms. The number of para-hydroxylation sites is 2. The molecular formula is C59H46N4. The van der Waals surface area contributed by atoms with Crippen LogP contribution in [-0.2, 0) is 11.8 Å². The van der Waals surface area contributed by atoms with Gasteiger partial charge in [-0.3, -0.25) is 0 Å².